The van der Waals surface area contributed by atoms with E-state index in [-0.39, 0.29) is 24.7 Å². The number of nitro groups is 1. The summed E-state index contributed by atoms with van der Waals surface area (Å²) in [7, 11) is 0. The molecule has 1 rings (SSSR count). The van der Waals surface area contributed by atoms with E-state index in [2.05, 4.69) is 15.0 Å². The van der Waals surface area contributed by atoms with Crippen LogP contribution < -0.4 is 5.32 Å². The fraction of sp³-hybridized carbons (Fsp3) is 0.444. The Morgan fingerprint density at radius 1 is 1.59 bits per heavy atom. The SMILES string of the molecule is O=[N+]([O-])c1ncccc1NCCOCC(F)F. The lowest BCUT2D eigenvalue weighted by Gasteiger charge is -2.06. The van der Waals surface area contributed by atoms with E-state index in [1.807, 2.05) is 0 Å². The molecule has 0 aliphatic carbocycles. The Kier molecular flexibility index (Phi) is 5.21. The molecule has 0 spiro atoms. The number of nitrogens with zero attached hydrogens (tertiary/aromatic N) is 2. The highest BCUT2D eigenvalue weighted by atomic mass is 19.3. The maximum atomic E-state index is 11.7. The van der Waals surface area contributed by atoms with Crippen molar-refractivity contribution in [3.63, 3.8) is 0 Å². The third kappa shape index (κ3) is 4.68. The lowest BCUT2D eigenvalue weighted by molar-refractivity contribution is -0.388. The molecule has 0 saturated heterocycles. The third-order valence-corrected chi connectivity index (χ3v) is 1.77. The lowest BCUT2D eigenvalue weighted by atomic mass is 10.4. The molecule has 0 saturated carbocycles. The number of nitrogens with one attached hydrogen (secondary N) is 1. The summed E-state index contributed by atoms with van der Waals surface area (Å²) >= 11 is 0. The van der Waals surface area contributed by atoms with Gasteiger partial charge in [0.05, 0.1) is 6.61 Å². The van der Waals surface area contributed by atoms with E-state index in [0.717, 1.165) is 0 Å². The van der Waals surface area contributed by atoms with Crippen LogP contribution in [0.5, 0.6) is 0 Å². The average molecular weight is 247 g/mol. The van der Waals surface area contributed by atoms with E-state index in [0.29, 0.717) is 0 Å². The van der Waals surface area contributed by atoms with E-state index in [9.17, 15) is 18.9 Å². The number of halogens is 2. The van der Waals surface area contributed by atoms with Gasteiger partial charge in [0.1, 0.15) is 18.5 Å². The first-order chi connectivity index (χ1) is 8.11. The van der Waals surface area contributed by atoms with Gasteiger partial charge in [0, 0.05) is 6.54 Å². The van der Waals surface area contributed by atoms with Crippen LogP contribution in [0.2, 0.25) is 0 Å². The molecular formula is C9H11F2N3O3. The van der Waals surface area contributed by atoms with Crippen molar-refractivity contribution in [1.29, 1.82) is 0 Å². The Bertz CT molecular complexity index is 376. The maximum Gasteiger partial charge on any atom is 0.386 e. The molecule has 0 unspecified atom stereocenters. The second-order valence-electron chi connectivity index (χ2n) is 3.02. The van der Waals surface area contributed by atoms with Crippen LogP contribution in [0.15, 0.2) is 18.3 Å². The minimum absolute atomic E-state index is 0.0381. The van der Waals surface area contributed by atoms with Gasteiger partial charge >= 0.3 is 5.82 Å². The van der Waals surface area contributed by atoms with Gasteiger partial charge in [0.2, 0.25) is 0 Å². The van der Waals surface area contributed by atoms with E-state index >= 15 is 0 Å². The molecule has 6 nitrogen and oxygen atoms in total. The van der Waals surface area contributed by atoms with Gasteiger partial charge in [-0.05, 0) is 22.0 Å². The average Bonchev–Trinajstić information content (AvgIpc) is 2.28. The fourth-order valence-electron chi connectivity index (χ4n) is 1.11. The zero-order valence-corrected chi connectivity index (χ0v) is 8.81. The molecule has 1 heterocycles. The predicted octanol–water partition coefficient (Wildman–Crippen LogP) is 1.68. The van der Waals surface area contributed by atoms with Crippen LogP contribution in [0, 0.1) is 10.1 Å². The number of ether oxygens (including phenoxy) is 1. The quantitative estimate of drug-likeness (QED) is 0.450. The molecule has 1 aromatic rings. The molecule has 17 heavy (non-hydrogen) atoms. The van der Waals surface area contributed by atoms with Crippen molar-refractivity contribution in [2.75, 3.05) is 25.1 Å². The van der Waals surface area contributed by atoms with Gasteiger partial charge in [-0.15, -0.1) is 0 Å². The molecule has 1 N–H and O–H groups in total. The zero-order chi connectivity index (χ0) is 12.7. The smallest absolute Gasteiger partial charge is 0.376 e. The predicted molar refractivity (Wildman–Crippen MR) is 56.2 cm³/mol. The first-order valence-electron chi connectivity index (χ1n) is 4.80. The number of hydrogen-bond donors (Lipinski definition) is 1. The highest BCUT2D eigenvalue weighted by Gasteiger charge is 2.13. The first-order valence-corrected chi connectivity index (χ1v) is 4.80. The third-order valence-electron chi connectivity index (χ3n) is 1.77. The molecule has 1 aromatic heterocycles. The highest BCUT2D eigenvalue weighted by molar-refractivity contribution is 5.56. The number of anilines is 1. The van der Waals surface area contributed by atoms with Crippen molar-refractivity contribution in [3.05, 3.63) is 28.4 Å². The van der Waals surface area contributed by atoms with Crippen molar-refractivity contribution in [2.45, 2.75) is 6.43 Å². The van der Waals surface area contributed by atoms with Crippen LogP contribution in [0.1, 0.15) is 0 Å². The van der Waals surface area contributed by atoms with Gasteiger partial charge in [0.15, 0.2) is 0 Å². The summed E-state index contributed by atoms with van der Waals surface area (Å²) in [5, 5.41) is 13.3. The van der Waals surface area contributed by atoms with Crippen LogP contribution in [-0.4, -0.2) is 36.1 Å². The summed E-state index contributed by atoms with van der Waals surface area (Å²) in [5.41, 5.74) is 0.234. The summed E-state index contributed by atoms with van der Waals surface area (Å²) in [6.07, 6.45) is -1.21. The Balaban J connectivity index is 2.39. The van der Waals surface area contributed by atoms with Crippen LogP contribution in [0.25, 0.3) is 0 Å². The Hall–Kier alpha value is -1.83. The molecule has 0 aliphatic heterocycles. The fourth-order valence-corrected chi connectivity index (χ4v) is 1.11. The van der Waals surface area contributed by atoms with E-state index in [4.69, 9.17) is 0 Å². The molecular weight excluding hydrogens is 236 g/mol. The number of pyridine rings is 1. The molecule has 0 aromatic carbocycles. The molecule has 0 bridgehead atoms. The number of rotatable bonds is 7. The molecule has 0 atom stereocenters. The van der Waals surface area contributed by atoms with E-state index < -0.39 is 18.0 Å². The standard InChI is InChI=1S/C9H11F2N3O3/c10-8(11)6-17-5-4-12-7-2-1-3-13-9(7)14(15)16/h1-3,8,12H,4-6H2. The monoisotopic (exact) mass is 247 g/mol. The molecule has 0 amide bonds. The molecule has 0 fully saturated rings. The number of aromatic nitrogens is 1. The second-order valence-corrected chi connectivity index (χ2v) is 3.02. The number of hydrogen-bond acceptors (Lipinski definition) is 5. The van der Waals surface area contributed by atoms with Gasteiger partial charge in [0.25, 0.3) is 6.43 Å². The second kappa shape index (κ2) is 6.69. The molecule has 94 valence electrons. The Morgan fingerprint density at radius 3 is 3.00 bits per heavy atom. The minimum Gasteiger partial charge on any atom is -0.376 e. The van der Waals surface area contributed by atoms with Crippen LogP contribution >= 0.6 is 0 Å². The molecule has 0 aliphatic rings. The summed E-state index contributed by atoms with van der Waals surface area (Å²) in [6.45, 7) is -0.410. The van der Waals surface area contributed by atoms with Gasteiger partial charge in [-0.2, -0.15) is 0 Å². The van der Waals surface area contributed by atoms with E-state index in [1.165, 1.54) is 18.3 Å². The molecule has 0 radical (unpaired) electrons. The van der Waals surface area contributed by atoms with Crippen molar-refractivity contribution in [1.82, 2.24) is 4.98 Å². The van der Waals surface area contributed by atoms with Gasteiger partial charge in [-0.25, -0.2) is 8.78 Å². The van der Waals surface area contributed by atoms with Crippen molar-refractivity contribution < 1.29 is 18.4 Å². The minimum atomic E-state index is -2.51. The largest absolute Gasteiger partial charge is 0.386 e. The normalized spacial score (nSPS) is 10.5. The summed E-state index contributed by atoms with van der Waals surface area (Å²) in [6, 6.07) is 3.02. The van der Waals surface area contributed by atoms with Crippen LogP contribution in [0.4, 0.5) is 20.3 Å². The number of alkyl halides is 2. The summed E-state index contributed by atoms with van der Waals surface area (Å²) in [4.78, 5) is 13.5. The Labute approximate surface area is 95.8 Å². The van der Waals surface area contributed by atoms with Gasteiger partial charge in [-0.1, -0.05) is 0 Å². The van der Waals surface area contributed by atoms with Gasteiger partial charge < -0.3 is 20.2 Å². The Morgan fingerprint density at radius 2 is 2.35 bits per heavy atom. The topological polar surface area (TPSA) is 77.3 Å². The zero-order valence-electron chi connectivity index (χ0n) is 8.81. The van der Waals surface area contributed by atoms with Crippen molar-refractivity contribution in [2.24, 2.45) is 0 Å². The first kappa shape index (κ1) is 13.2. The van der Waals surface area contributed by atoms with Gasteiger partial charge in [-0.3, -0.25) is 0 Å². The van der Waals surface area contributed by atoms with Crippen molar-refractivity contribution in [3.8, 4) is 0 Å². The van der Waals surface area contributed by atoms with Crippen LogP contribution in [0.3, 0.4) is 0 Å². The highest BCUT2D eigenvalue weighted by Crippen LogP contribution is 2.19. The lowest BCUT2D eigenvalue weighted by Crippen LogP contribution is -2.14. The summed E-state index contributed by atoms with van der Waals surface area (Å²) in [5.74, 6) is -0.304. The van der Waals surface area contributed by atoms with E-state index in [1.54, 1.807) is 0 Å². The molecule has 8 heteroatoms. The van der Waals surface area contributed by atoms with Crippen LogP contribution in [-0.2, 0) is 4.74 Å². The van der Waals surface area contributed by atoms with Crippen molar-refractivity contribution >= 4 is 11.5 Å². The summed E-state index contributed by atoms with van der Waals surface area (Å²) < 4.78 is 28.0. The maximum absolute atomic E-state index is 11.7.